The van der Waals surface area contributed by atoms with Crippen LogP contribution in [-0.2, 0) is 16.6 Å². The highest BCUT2D eigenvalue weighted by molar-refractivity contribution is 6.02. The molecule has 0 bridgehead atoms. The molecule has 0 saturated carbocycles. The average molecular weight is 610 g/mol. The van der Waals surface area contributed by atoms with Gasteiger partial charge >= 0.3 is 5.97 Å². The van der Waals surface area contributed by atoms with E-state index in [1.165, 1.54) is 25.7 Å². The Balaban J connectivity index is 1.60. The smallest absolute Gasteiger partial charge is 0.326 e. The number of rotatable bonds is 15. The predicted molar refractivity (Wildman–Crippen MR) is 185 cm³/mol. The van der Waals surface area contributed by atoms with E-state index in [0.717, 1.165) is 46.6 Å². The van der Waals surface area contributed by atoms with E-state index in [4.69, 9.17) is 4.74 Å². The van der Waals surface area contributed by atoms with Gasteiger partial charge in [0.25, 0.3) is 5.91 Å². The molecule has 0 aliphatic rings. The molecule has 238 valence electrons. The maximum absolute atomic E-state index is 12.8. The van der Waals surface area contributed by atoms with Crippen LogP contribution >= 0.6 is 0 Å². The van der Waals surface area contributed by atoms with Crippen LogP contribution in [0, 0.1) is 0 Å². The van der Waals surface area contributed by atoms with Gasteiger partial charge < -0.3 is 15.2 Å². The summed E-state index contributed by atoms with van der Waals surface area (Å²) in [6.45, 7) is 14.9. The largest absolute Gasteiger partial charge is 0.494 e. The lowest BCUT2D eigenvalue weighted by molar-refractivity contribution is -0.139. The van der Waals surface area contributed by atoms with Gasteiger partial charge in [0.05, 0.1) is 6.61 Å². The van der Waals surface area contributed by atoms with Gasteiger partial charge in [-0.3, -0.25) is 4.79 Å². The van der Waals surface area contributed by atoms with Crippen molar-refractivity contribution in [1.29, 1.82) is 0 Å². The highest BCUT2D eigenvalue weighted by Gasteiger charge is 2.22. The molecule has 1 amide bonds. The third-order valence-corrected chi connectivity index (χ3v) is 7.63. The summed E-state index contributed by atoms with van der Waals surface area (Å²) < 4.78 is 5.87. The molecule has 7 heteroatoms. The van der Waals surface area contributed by atoms with Crippen LogP contribution in [0.4, 0.5) is 0 Å². The van der Waals surface area contributed by atoms with Crippen LogP contribution in [0.2, 0.25) is 0 Å². The molecule has 2 N–H and O–H groups in total. The van der Waals surface area contributed by atoms with E-state index in [1.54, 1.807) is 18.3 Å². The van der Waals surface area contributed by atoms with Gasteiger partial charge in [0.15, 0.2) is 5.84 Å². The third-order valence-electron chi connectivity index (χ3n) is 7.63. The third kappa shape index (κ3) is 11.2. The average Bonchev–Trinajstić information content (AvgIpc) is 3.03. The molecule has 3 aromatic rings. The van der Waals surface area contributed by atoms with E-state index in [1.807, 2.05) is 67.6 Å². The van der Waals surface area contributed by atoms with Gasteiger partial charge in [0.2, 0.25) is 0 Å². The first-order chi connectivity index (χ1) is 21.5. The first-order valence-electron chi connectivity index (χ1n) is 15.7. The quantitative estimate of drug-likeness (QED) is 0.103. The monoisotopic (exact) mass is 609 g/mol. The minimum atomic E-state index is -1.10. The van der Waals surface area contributed by atoms with Crippen LogP contribution < -0.4 is 10.1 Å². The zero-order chi connectivity index (χ0) is 32.8. The molecule has 3 aromatic carbocycles. The highest BCUT2D eigenvalue weighted by atomic mass is 16.5. The summed E-state index contributed by atoms with van der Waals surface area (Å²) in [5, 5.41) is 12.4. The summed E-state index contributed by atoms with van der Waals surface area (Å²) in [7, 11) is 0. The van der Waals surface area contributed by atoms with Gasteiger partial charge in [-0.15, -0.1) is 0 Å². The SMILES string of the molecule is C=NC(=N/C=C(\C)c1ccc(OCCCCCCC)cc1)c1ccc(C[C@@H](NC(=O)c2ccc(C(C)(C)C)cc2)C(=O)O)cc1. The van der Waals surface area contributed by atoms with Gasteiger partial charge in [-0.25, -0.2) is 14.8 Å². The predicted octanol–water partition coefficient (Wildman–Crippen LogP) is 8.27. The van der Waals surface area contributed by atoms with Gasteiger partial charge in [0.1, 0.15) is 11.8 Å². The van der Waals surface area contributed by atoms with Crippen molar-refractivity contribution in [3.63, 3.8) is 0 Å². The number of amidine groups is 1. The molecule has 1 atom stereocenters. The molecule has 0 heterocycles. The molecule has 0 unspecified atom stereocenters. The topological polar surface area (TPSA) is 100 Å². The number of nitrogens with zero attached hydrogens (tertiary/aromatic N) is 2. The Bertz CT molecular complexity index is 1470. The van der Waals surface area contributed by atoms with E-state index in [-0.39, 0.29) is 11.8 Å². The molecular formula is C38H47N3O4. The van der Waals surface area contributed by atoms with Gasteiger partial charge in [-0.1, -0.05) is 102 Å². The van der Waals surface area contributed by atoms with Crippen LogP contribution in [0.3, 0.4) is 0 Å². The van der Waals surface area contributed by atoms with Gasteiger partial charge in [-0.2, -0.15) is 0 Å². The lowest BCUT2D eigenvalue weighted by Crippen LogP contribution is -2.42. The minimum Gasteiger partial charge on any atom is -0.494 e. The molecule has 0 saturated heterocycles. The van der Waals surface area contributed by atoms with Crippen molar-refractivity contribution in [3.8, 4) is 5.75 Å². The number of ether oxygens (including phenoxy) is 1. The number of aliphatic imine (C=N–C) groups is 2. The Morgan fingerprint density at radius 3 is 2.07 bits per heavy atom. The molecule has 0 spiro atoms. The summed E-state index contributed by atoms with van der Waals surface area (Å²) in [4.78, 5) is 33.4. The molecule has 7 nitrogen and oxygen atoms in total. The number of allylic oxidation sites excluding steroid dienone is 1. The Kier molecular flexibility index (Phi) is 13.3. The van der Waals surface area contributed by atoms with Crippen molar-refractivity contribution in [2.75, 3.05) is 6.61 Å². The number of benzene rings is 3. The number of carbonyl (C=O) groups is 2. The lowest BCUT2D eigenvalue weighted by atomic mass is 9.86. The fourth-order valence-electron chi connectivity index (χ4n) is 4.74. The van der Waals surface area contributed by atoms with Crippen LogP contribution in [-0.4, -0.2) is 42.2 Å². The number of carboxylic acids is 1. The molecule has 3 rings (SSSR count). The van der Waals surface area contributed by atoms with Gasteiger partial charge in [-0.05, 0) is 72.0 Å². The number of carboxylic acid groups (broad SMARTS) is 1. The van der Waals surface area contributed by atoms with E-state index in [0.29, 0.717) is 11.4 Å². The fourth-order valence-corrected chi connectivity index (χ4v) is 4.74. The van der Waals surface area contributed by atoms with Crippen LogP contribution in [0.15, 0.2) is 89.0 Å². The zero-order valence-corrected chi connectivity index (χ0v) is 27.3. The van der Waals surface area contributed by atoms with Crippen molar-refractivity contribution >= 4 is 30.0 Å². The molecule has 0 aliphatic carbocycles. The van der Waals surface area contributed by atoms with Crippen LogP contribution in [0.1, 0.15) is 99.3 Å². The molecule has 0 fully saturated rings. The van der Waals surface area contributed by atoms with E-state index >= 15 is 0 Å². The molecule has 45 heavy (non-hydrogen) atoms. The van der Waals surface area contributed by atoms with Crippen molar-refractivity contribution < 1.29 is 19.4 Å². The van der Waals surface area contributed by atoms with Crippen molar-refractivity contribution in [3.05, 3.63) is 107 Å². The number of hydrogen-bond donors (Lipinski definition) is 2. The molecule has 0 radical (unpaired) electrons. The number of hydrogen-bond acceptors (Lipinski definition) is 4. The maximum atomic E-state index is 12.8. The van der Waals surface area contributed by atoms with E-state index in [9.17, 15) is 14.7 Å². The first kappa shape index (κ1) is 35.0. The number of amides is 1. The van der Waals surface area contributed by atoms with E-state index in [2.05, 4.69) is 49.7 Å². The molecule has 0 aliphatic heterocycles. The standard InChI is InChI=1S/C38H47N3O4/c1-7-8-9-10-11-24-45-33-22-18-29(19-23-33)27(2)26-40-35(39-6)30-14-12-28(13-15-30)25-34(37(43)44)41-36(42)31-16-20-32(21-17-31)38(3,4)5/h12-23,26,34H,6-11,24-25H2,1-5H3,(H,41,42)(H,43,44)/b27-26+,40-35?/t34-/m1/s1. The molecular weight excluding hydrogens is 562 g/mol. The van der Waals surface area contributed by atoms with Crippen LogP contribution in [0.5, 0.6) is 5.75 Å². The summed E-state index contributed by atoms with van der Waals surface area (Å²) in [6, 6.07) is 21.4. The van der Waals surface area contributed by atoms with Crippen molar-refractivity contribution in [2.24, 2.45) is 9.98 Å². The number of aliphatic carboxylic acids is 1. The van der Waals surface area contributed by atoms with Gasteiger partial charge in [0, 0.05) is 23.7 Å². The van der Waals surface area contributed by atoms with E-state index < -0.39 is 17.9 Å². The van der Waals surface area contributed by atoms with Crippen LogP contribution in [0.25, 0.3) is 5.57 Å². The highest BCUT2D eigenvalue weighted by Crippen LogP contribution is 2.23. The maximum Gasteiger partial charge on any atom is 0.326 e. The van der Waals surface area contributed by atoms with Crippen molar-refractivity contribution in [2.45, 2.75) is 84.6 Å². The number of unbranched alkanes of at least 4 members (excludes halogenated alkanes) is 4. The second-order valence-electron chi connectivity index (χ2n) is 12.3. The normalized spacial score (nSPS) is 12.8. The fraction of sp³-hybridized carbons (Fsp3) is 0.368. The minimum absolute atomic E-state index is 0.0414. The summed E-state index contributed by atoms with van der Waals surface area (Å²) in [5.74, 6) is -0.215. The summed E-state index contributed by atoms with van der Waals surface area (Å²) in [6.07, 6.45) is 7.92. The summed E-state index contributed by atoms with van der Waals surface area (Å²) >= 11 is 0. The Morgan fingerprint density at radius 2 is 1.49 bits per heavy atom. The van der Waals surface area contributed by atoms with Crippen molar-refractivity contribution in [1.82, 2.24) is 5.32 Å². The number of carbonyl (C=O) groups excluding carboxylic acids is 1. The zero-order valence-electron chi connectivity index (χ0n) is 27.3. The number of nitrogens with one attached hydrogen (secondary N) is 1. The first-order valence-corrected chi connectivity index (χ1v) is 15.7. The lowest BCUT2D eigenvalue weighted by Gasteiger charge is -2.19. The second-order valence-corrected chi connectivity index (χ2v) is 12.3. The Labute approximate surface area is 268 Å². The molecule has 0 aromatic heterocycles. The Hall–Kier alpha value is -4.52. The Morgan fingerprint density at radius 1 is 0.889 bits per heavy atom. The second kappa shape index (κ2) is 17.1. The summed E-state index contributed by atoms with van der Waals surface area (Å²) in [5.41, 5.74) is 4.97.